The minimum atomic E-state index is -0.894. The van der Waals surface area contributed by atoms with Gasteiger partial charge in [-0.15, -0.1) is 0 Å². The van der Waals surface area contributed by atoms with Gasteiger partial charge in [0.25, 0.3) is 0 Å². The van der Waals surface area contributed by atoms with Gasteiger partial charge in [-0.25, -0.2) is 0 Å². The maximum atomic E-state index is 12.4. The molecule has 0 aliphatic heterocycles. The largest absolute Gasteiger partial charge is 0.394 e. The van der Waals surface area contributed by atoms with Gasteiger partial charge in [0.2, 0.25) is 5.91 Å². The van der Waals surface area contributed by atoms with Crippen LogP contribution in [0.4, 0.5) is 0 Å². The summed E-state index contributed by atoms with van der Waals surface area (Å²) in [6.45, 7) is 4.16. The highest BCUT2D eigenvalue weighted by atomic mass is 16.3. The van der Waals surface area contributed by atoms with Crippen molar-refractivity contribution in [2.75, 3.05) is 6.61 Å². The van der Waals surface area contributed by atoms with E-state index in [-0.39, 0.29) is 12.5 Å². The Hall–Kier alpha value is -3.21. The number of hydrogen-bond donors (Lipinski definition) is 3. The van der Waals surface area contributed by atoms with Crippen molar-refractivity contribution in [2.24, 2.45) is 0 Å². The molecule has 0 aliphatic rings. The molecule has 0 aliphatic carbocycles. The van der Waals surface area contributed by atoms with Crippen LogP contribution in [-0.4, -0.2) is 34.9 Å². The number of unbranched alkanes of at least 4 members (excludes halogenated alkanes) is 19. The van der Waals surface area contributed by atoms with Crippen LogP contribution in [0.3, 0.4) is 0 Å². The minimum absolute atomic E-state index is 0.115. The zero-order valence-corrected chi connectivity index (χ0v) is 39.6. The number of aliphatic hydroxyl groups excluding tert-OH is 2. The highest BCUT2D eigenvalue weighted by molar-refractivity contribution is 5.76. The van der Waals surface area contributed by atoms with Crippen LogP contribution in [-0.2, 0) is 4.79 Å². The molecule has 4 heteroatoms. The van der Waals surface area contributed by atoms with Crippen molar-refractivity contribution in [1.82, 2.24) is 5.32 Å². The fourth-order valence-corrected chi connectivity index (χ4v) is 6.84. The molecule has 1 amide bonds. The predicted octanol–water partition coefficient (Wildman–Crippen LogP) is 16.5. The lowest BCUT2D eigenvalue weighted by Crippen LogP contribution is -2.45. The number of carbonyl (C=O) groups excluding carboxylic acids is 1. The monoisotopic (exact) mass is 842 g/mol. The van der Waals surface area contributed by atoms with Crippen LogP contribution in [0.1, 0.15) is 213 Å². The Kier molecular flexibility index (Phi) is 48.5. The molecule has 0 aromatic rings. The molecule has 2 atom stereocenters. The molecule has 0 bridgehead atoms. The number of aliphatic hydroxyl groups is 2. The molecule has 0 rings (SSSR count). The molecule has 0 saturated heterocycles. The number of nitrogens with one attached hydrogen (secondary N) is 1. The van der Waals surface area contributed by atoms with E-state index in [0.29, 0.717) is 6.42 Å². The summed E-state index contributed by atoms with van der Waals surface area (Å²) in [6.07, 6.45) is 79.0. The van der Waals surface area contributed by atoms with E-state index in [1.165, 1.54) is 96.3 Å². The first-order valence-corrected chi connectivity index (χ1v) is 25.2. The van der Waals surface area contributed by atoms with E-state index in [1.807, 2.05) is 6.08 Å². The van der Waals surface area contributed by atoms with Gasteiger partial charge in [0.05, 0.1) is 18.8 Å². The average molecular weight is 842 g/mol. The summed E-state index contributed by atoms with van der Waals surface area (Å²) in [7, 11) is 0. The standard InChI is InChI=1S/C57H95NO3/c1-3-5-7-9-11-13-15-17-19-21-23-25-27-29-31-33-35-37-39-41-43-45-47-49-51-53-57(61)58-55(54-59)56(60)52-50-48-46-44-42-40-38-36-34-32-30-28-26-24-22-20-18-16-14-12-10-8-6-4-2/h5,7,11,13,17,19,23,25,29,31,34-37,41-44,50,52,55-56,59-60H,3-4,6,8-10,12,14-16,18,20-22,24,26-28,30,32-33,38-40,45-49,51,53-54H2,1-2H3,(H,58,61)/b7-5-,13-11-,19-17-,25-23-,31-29-,36-34+,37-35-,43-41-,44-42+,52-50+. The minimum Gasteiger partial charge on any atom is -0.394 e. The second-order valence-corrected chi connectivity index (χ2v) is 16.5. The SMILES string of the molecule is CC/C=C\C/C=C\C/C=C\C/C=C\C/C=C\C/C=C\C/C=C\CCCCCC(=O)NC(CO)C(O)/C=C/CC/C=C/CC/C=C/CCCCCCCCCCCCCCCC. The second kappa shape index (κ2) is 51.1. The Morgan fingerprint density at radius 2 is 0.738 bits per heavy atom. The van der Waals surface area contributed by atoms with Gasteiger partial charge in [-0.1, -0.05) is 225 Å². The first-order chi connectivity index (χ1) is 30.2. The van der Waals surface area contributed by atoms with E-state index in [4.69, 9.17) is 0 Å². The van der Waals surface area contributed by atoms with Crippen molar-refractivity contribution in [3.05, 3.63) is 122 Å². The van der Waals surface area contributed by atoms with Crippen molar-refractivity contribution in [3.8, 4) is 0 Å². The molecule has 3 N–H and O–H groups in total. The van der Waals surface area contributed by atoms with Crippen LogP contribution in [0.2, 0.25) is 0 Å². The first kappa shape index (κ1) is 57.8. The van der Waals surface area contributed by atoms with Crippen LogP contribution in [0, 0.1) is 0 Å². The third-order valence-electron chi connectivity index (χ3n) is 10.7. The third kappa shape index (κ3) is 47.7. The molecular weight excluding hydrogens is 747 g/mol. The molecule has 0 radical (unpaired) electrons. The topological polar surface area (TPSA) is 69.6 Å². The van der Waals surface area contributed by atoms with E-state index in [1.54, 1.807) is 6.08 Å². The zero-order valence-electron chi connectivity index (χ0n) is 39.6. The molecule has 0 fully saturated rings. The Morgan fingerprint density at radius 3 is 1.15 bits per heavy atom. The summed E-state index contributed by atoms with van der Waals surface area (Å²) in [6, 6.07) is -0.674. The quantitative estimate of drug-likeness (QED) is 0.0423. The van der Waals surface area contributed by atoms with Gasteiger partial charge in [-0.2, -0.15) is 0 Å². The molecule has 2 unspecified atom stereocenters. The second-order valence-electron chi connectivity index (χ2n) is 16.5. The maximum absolute atomic E-state index is 12.4. The summed E-state index contributed by atoms with van der Waals surface area (Å²) in [5.41, 5.74) is 0. The number of carbonyl (C=O) groups is 1. The predicted molar refractivity (Wildman–Crippen MR) is 271 cm³/mol. The van der Waals surface area contributed by atoms with E-state index in [9.17, 15) is 15.0 Å². The normalized spacial score (nSPS) is 14.0. The van der Waals surface area contributed by atoms with Crippen LogP contribution < -0.4 is 5.32 Å². The Bertz CT molecular complexity index is 1230. The van der Waals surface area contributed by atoms with Gasteiger partial charge in [0.15, 0.2) is 0 Å². The maximum Gasteiger partial charge on any atom is 0.220 e. The summed E-state index contributed by atoms with van der Waals surface area (Å²) >= 11 is 0. The molecule has 0 aromatic heterocycles. The first-order valence-electron chi connectivity index (χ1n) is 25.2. The van der Waals surface area contributed by atoms with Crippen molar-refractivity contribution >= 4 is 5.91 Å². The molecule has 0 saturated carbocycles. The Labute approximate surface area is 378 Å². The van der Waals surface area contributed by atoms with Gasteiger partial charge in [0, 0.05) is 6.42 Å². The Balaban J connectivity index is 3.74. The summed E-state index contributed by atoms with van der Waals surface area (Å²) in [5, 5.41) is 23.0. The Morgan fingerprint density at radius 1 is 0.410 bits per heavy atom. The summed E-state index contributed by atoms with van der Waals surface area (Å²) < 4.78 is 0. The van der Waals surface area contributed by atoms with Crippen molar-refractivity contribution in [2.45, 2.75) is 225 Å². The highest BCUT2D eigenvalue weighted by Crippen LogP contribution is 2.14. The number of rotatable bonds is 44. The van der Waals surface area contributed by atoms with Crippen LogP contribution in [0.15, 0.2) is 122 Å². The van der Waals surface area contributed by atoms with Crippen molar-refractivity contribution in [1.29, 1.82) is 0 Å². The van der Waals surface area contributed by atoms with Gasteiger partial charge < -0.3 is 15.5 Å². The molecule has 0 spiro atoms. The average Bonchev–Trinajstić information content (AvgIpc) is 3.26. The van der Waals surface area contributed by atoms with E-state index in [0.717, 1.165) is 96.3 Å². The molecule has 0 heterocycles. The van der Waals surface area contributed by atoms with Crippen LogP contribution in [0.5, 0.6) is 0 Å². The van der Waals surface area contributed by atoms with Gasteiger partial charge >= 0.3 is 0 Å². The molecule has 4 nitrogen and oxygen atoms in total. The van der Waals surface area contributed by atoms with Crippen molar-refractivity contribution in [3.63, 3.8) is 0 Å². The van der Waals surface area contributed by atoms with Crippen molar-refractivity contribution < 1.29 is 15.0 Å². The lowest BCUT2D eigenvalue weighted by Gasteiger charge is -2.19. The zero-order chi connectivity index (χ0) is 44.2. The number of amides is 1. The summed E-state index contributed by atoms with van der Waals surface area (Å²) in [4.78, 5) is 12.4. The third-order valence-corrected chi connectivity index (χ3v) is 10.7. The lowest BCUT2D eigenvalue weighted by atomic mass is 10.0. The molecule has 0 aromatic carbocycles. The van der Waals surface area contributed by atoms with E-state index in [2.05, 4.69) is 129 Å². The lowest BCUT2D eigenvalue weighted by molar-refractivity contribution is -0.123. The highest BCUT2D eigenvalue weighted by Gasteiger charge is 2.17. The fourth-order valence-electron chi connectivity index (χ4n) is 6.84. The number of hydrogen-bond acceptors (Lipinski definition) is 3. The smallest absolute Gasteiger partial charge is 0.220 e. The molecular formula is C57H95NO3. The number of allylic oxidation sites excluding steroid dienone is 19. The van der Waals surface area contributed by atoms with Crippen LogP contribution in [0.25, 0.3) is 0 Å². The van der Waals surface area contributed by atoms with Gasteiger partial charge in [-0.05, 0) is 103 Å². The molecule has 61 heavy (non-hydrogen) atoms. The summed E-state index contributed by atoms with van der Waals surface area (Å²) in [5.74, 6) is -0.115. The van der Waals surface area contributed by atoms with Gasteiger partial charge in [-0.3, -0.25) is 4.79 Å². The van der Waals surface area contributed by atoms with Crippen LogP contribution >= 0.6 is 0 Å². The van der Waals surface area contributed by atoms with E-state index >= 15 is 0 Å². The van der Waals surface area contributed by atoms with E-state index < -0.39 is 12.1 Å². The fraction of sp³-hybridized carbons (Fsp3) is 0.632. The van der Waals surface area contributed by atoms with Gasteiger partial charge in [0.1, 0.15) is 0 Å². The molecule has 346 valence electrons.